The maximum Gasteiger partial charge on any atom is 0.319 e. The average Bonchev–Trinajstić information content (AvgIpc) is 3.36. The highest BCUT2D eigenvalue weighted by atomic mass is 19.1. The van der Waals surface area contributed by atoms with Gasteiger partial charge in [0, 0.05) is 42.0 Å². The van der Waals surface area contributed by atoms with Gasteiger partial charge in [-0.25, -0.2) is 9.18 Å². The van der Waals surface area contributed by atoms with Gasteiger partial charge in [0.15, 0.2) is 0 Å². The molecule has 7 heteroatoms. The Bertz CT molecular complexity index is 1060. The molecule has 0 atom stereocenters. The quantitative estimate of drug-likeness (QED) is 0.189. The zero-order chi connectivity index (χ0) is 26.6. The third kappa shape index (κ3) is 9.23. The lowest BCUT2D eigenvalue weighted by atomic mass is 10.0. The molecule has 3 rings (SSSR count). The van der Waals surface area contributed by atoms with E-state index in [9.17, 15) is 4.79 Å². The van der Waals surface area contributed by atoms with Crippen LogP contribution in [0.15, 0.2) is 48.0 Å². The van der Waals surface area contributed by atoms with Crippen LogP contribution in [0.2, 0.25) is 0 Å². The summed E-state index contributed by atoms with van der Waals surface area (Å²) in [4.78, 5) is 16.5. The third-order valence-electron chi connectivity index (χ3n) is 6.56. The summed E-state index contributed by atoms with van der Waals surface area (Å²) in [6.07, 6.45) is 9.78. The van der Waals surface area contributed by atoms with Gasteiger partial charge in [-0.2, -0.15) is 0 Å². The zero-order valence-electron chi connectivity index (χ0n) is 22.4. The number of benzene rings is 2. The molecule has 0 radical (unpaired) electrons. The minimum atomic E-state index is -0.452. The molecule has 0 aromatic heterocycles. The first kappa shape index (κ1) is 28.2. The second-order valence-electron chi connectivity index (χ2n) is 10.1. The summed E-state index contributed by atoms with van der Waals surface area (Å²) in [5.74, 6) is 1.35. The van der Waals surface area contributed by atoms with Crippen molar-refractivity contribution in [3.05, 3.63) is 54.4 Å². The second-order valence-corrected chi connectivity index (χ2v) is 10.1. The molecule has 1 aliphatic rings. The topological polar surface area (TPSA) is 74.8 Å². The van der Waals surface area contributed by atoms with Crippen LogP contribution in [0.4, 0.5) is 26.2 Å². The van der Waals surface area contributed by atoms with Gasteiger partial charge in [-0.1, -0.05) is 46.1 Å². The Morgan fingerprint density at radius 3 is 2.49 bits per heavy atom. The van der Waals surface area contributed by atoms with E-state index in [4.69, 9.17) is 4.74 Å². The first-order valence-electron chi connectivity index (χ1n) is 13.4. The van der Waals surface area contributed by atoms with Crippen molar-refractivity contribution >= 4 is 35.0 Å². The lowest BCUT2D eigenvalue weighted by Gasteiger charge is -2.16. The fourth-order valence-electron chi connectivity index (χ4n) is 4.61. The molecule has 2 amide bonds. The van der Waals surface area contributed by atoms with Crippen LogP contribution < -0.4 is 20.7 Å². The van der Waals surface area contributed by atoms with E-state index in [1.165, 1.54) is 31.7 Å². The predicted octanol–water partition coefficient (Wildman–Crippen LogP) is 8.15. The van der Waals surface area contributed by atoms with E-state index in [0.29, 0.717) is 41.9 Å². The Labute approximate surface area is 220 Å². The Hall–Kier alpha value is -3.35. The molecule has 200 valence electrons. The third-order valence-corrected chi connectivity index (χ3v) is 6.56. The number of anilines is 2. The smallest absolute Gasteiger partial charge is 0.319 e. The van der Waals surface area contributed by atoms with Gasteiger partial charge >= 0.3 is 6.03 Å². The van der Waals surface area contributed by atoms with E-state index in [2.05, 4.69) is 41.4 Å². The normalized spacial score (nSPS) is 13.8. The Balaban J connectivity index is 1.56. The standard InChI is InChI=1S/C30H41FN4O2/c1-5-32-28-20-26(37-18-8-9-21(2)3)19-27(31)29(28)22(4)34-24-12-14-25(15-13-24)35-30(36)33-17-16-23-10-6-7-11-23/h5,12-15,19-21,23,34H,4,6-11,16-18H2,1-3H3,(H2,33,35,36). The van der Waals surface area contributed by atoms with Crippen molar-refractivity contribution in [2.75, 3.05) is 23.8 Å². The fraction of sp³-hybridized carbons (Fsp3) is 0.467. The molecule has 0 heterocycles. The van der Waals surface area contributed by atoms with E-state index in [0.717, 1.165) is 30.9 Å². The molecule has 6 nitrogen and oxygen atoms in total. The Morgan fingerprint density at radius 2 is 1.84 bits per heavy atom. The largest absolute Gasteiger partial charge is 0.493 e. The molecule has 1 fully saturated rings. The van der Waals surface area contributed by atoms with Crippen molar-refractivity contribution < 1.29 is 13.9 Å². The number of hydrogen-bond donors (Lipinski definition) is 3. The number of hydrogen-bond acceptors (Lipinski definition) is 4. The molecule has 0 aliphatic heterocycles. The molecular formula is C30H41FN4O2. The van der Waals surface area contributed by atoms with Gasteiger partial charge in [-0.05, 0) is 62.3 Å². The molecule has 0 bridgehead atoms. The summed E-state index contributed by atoms with van der Waals surface area (Å²) in [5.41, 5.74) is 2.52. The van der Waals surface area contributed by atoms with Crippen LogP contribution in [0.25, 0.3) is 5.70 Å². The monoisotopic (exact) mass is 508 g/mol. The molecule has 1 aliphatic carbocycles. The number of aliphatic imine (C=N–C) groups is 1. The van der Waals surface area contributed by atoms with Crippen LogP contribution >= 0.6 is 0 Å². The molecule has 0 saturated heterocycles. The van der Waals surface area contributed by atoms with Crippen molar-refractivity contribution in [1.82, 2.24) is 5.32 Å². The van der Waals surface area contributed by atoms with Crippen LogP contribution in [0.5, 0.6) is 5.75 Å². The van der Waals surface area contributed by atoms with Gasteiger partial charge in [0.1, 0.15) is 11.6 Å². The van der Waals surface area contributed by atoms with Crippen molar-refractivity contribution in [2.24, 2.45) is 16.8 Å². The maximum atomic E-state index is 15.1. The van der Waals surface area contributed by atoms with Gasteiger partial charge in [-0.15, -0.1) is 0 Å². The number of urea groups is 1. The van der Waals surface area contributed by atoms with E-state index in [-0.39, 0.29) is 11.6 Å². The van der Waals surface area contributed by atoms with Crippen molar-refractivity contribution in [1.29, 1.82) is 0 Å². The minimum absolute atomic E-state index is 0.209. The van der Waals surface area contributed by atoms with Crippen molar-refractivity contribution in [3.63, 3.8) is 0 Å². The number of nitrogens with zero attached hydrogens (tertiary/aromatic N) is 1. The van der Waals surface area contributed by atoms with Gasteiger partial charge in [-0.3, -0.25) is 4.99 Å². The summed E-state index contributed by atoms with van der Waals surface area (Å²) in [6, 6.07) is 10.1. The summed E-state index contributed by atoms with van der Waals surface area (Å²) in [6.45, 7) is 11.4. The lowest BCUT2D eigenvalue weighted by Crippen LogP contribution is -2.30. The van der Waals surface area contributed by atoms with Gasteiger partial charge < -0.3 is 20.7 Å². The highest BCUT2D eigenvalue weighted by Gasteiger charge is 2.16. The summed E-state index contributed by atoms with van der Waals surface area (Å²) >= 11 is 0. The number of carbonyl (C=O) groups excluding carboxylic acids is 1. The molecule has 37 heavy (non-hydrogen) atoms. The van der Waals surface area contributed by atoms with E-state index in [1.807, 2.05) is 12.1 Å². The van der Waals surface area contributed by atoms with E-state index in [1.54, 1.807) is 31.3 Å². The Kier molecular flexibility index (Phi) is 11.0. The number of halogens is 1. The molecule has 3 N–H and O–H groups in total. The molecule has 1 saturated carbocycles. The number of rotatable bonds is 13. The van der Waals surface area contributed by atoms with Crippen LogP contribution in [-0.4, -0.2) is 25.4 Å². The van der Waals surface area contributed by atoms with Crippen LogP contribution in [0.3, 0.4) is 0 Å². The SMILES string of the molecule is C=C(Nc1ccc(NC(=O)NCCC2CCCC2)cc1)c1c(F)cc(OCCCC(C)C)cc1N=CC. The molecule has 0 spiro atoms. The van der Waals surface area contributed by atoms with Gasteiger partial charge in [0.05, 0.1) is 17.9 Å². The van der Waals surface area contributed by atoms with Crippen LogP contribution in [0, 0.1) is 17.7 Å². The number of nitrogens with one attached hydrogen (secondary N) is 3. The lowest BCUT2D eigenvalue weighted by molar-refractivity contribution is 0.251. The van der Waals surface area contributed by atoms with Gasteiger partial charge in [0.25, 0.3) is 0 Å². The first-order valence-corrected chi connectivity index (χ1v) is 13.4. The summed E-state index contributed by atoms with van der Waals surface area (Å²) < 4.78 is 20.9. The highest BCUT2D eigenvalue weighted by molar-refractivity contribution is 5.90. The molecule has 2 aromatic carbocycles. The first-order chi connectivity index (χ1) is 17.9. The Morgan fingerprint density at radius 1 is 1.16 bits per heavy atom. The summed E-state index contributed by atoms with van der Waals surface area (Å²) in [7, 11) is 0. The predicted molar refractivity (Wildman–Crippen MR) is 152 cm³/mol. The van der Waals surface area contributed by atoms with E-state index >= 15 is 4.39 Å². The highest BCUT2D eigenvalue weighted by Crippen LogP contribution is 2.34. The zero-order valence-corrected chi connectivity index (χ0v) is 22.4. The molecule has 2 aromatic rings. The maximum absolute atomic E-state index is 15.1. The van der Waals surface area contributed by atoms with Crippen LogP contribution in [-0.2, 0) is 0 Å². The second kappa shape index (κ2) is 14.4. The average molecular weight is 509 g/mol. The molecular weight excluding hydrogens is 467 g/mol. The molecule has 0 unspecified atom stereocenters. The van der Waals surface area contributed by atoms with E-state index < -0.39 is 5.82 Å². The van der Waals surface area contributed by atoms with Crippen molar-refractivity contribution in [3.8, 4) is 5.75 Å². The van der Waals surface area contributed by atoms with Crippen LogP contribution in [0.1, 0.15) is 71.3 Å². The summed E-state index contributed by atoms with van der Waals surface area (Å²) in [5, 5.41) is 8.94. The van der Waals surface area contributed by atoms with Crippen molar-refractivity contribution in [2.45, 2.75) is 65.7 Å². The number of amides is 2. The minimum Gasteiger partial charge on any atom is -0.493 e. The number of ether oxygens (including phenoxy) is 1. The number of carbonyl (C=O) groups is 1. The fourth-order valence-corrected chi connectivity index (χ4v) is 4.61. The van der Waals surface area contributed by atoms with Gasteiger partial charge in [0.2, 0.25) is 0 Å².